The third-order valence-corrected chi connectivity index (χ3v) is 3.03. The average Bonchev–Trinajstić information content (AvgIpc) is 2.21. The molecule has 0 aliphatic carbocycles. The summed E-state index contributed by atoms with van der Waals surface area (Å²) in [5, 5.41) is 0. The Kier molecular flexibility index (Phi) is 4.74. The van der Waals surface area contributed by atoms with Crippen LogP contribution in [0.5, 0.6) is 0 Å². The molecule has 0 N–H and O–H groups in total. The molecule has 0 spiro atoms. The minimum Gasteiger partial charge on any atom is -0.465 e. The van der Waals surface area contributed by atoms with Gasteiger partial charge in [0, 0.05) is 12.1 Å². The average molecular weight is 229 g/mol. The number of carbonyl (C=O) groups is 1. The molecule has 1 aliphatic heterocycles. The number of esters is 1. The second kappa shape index (κ2) is 5.64. The van der Waals surface area contributed by atoms with Gasteiger partial charge in [0.2, 0.25) is 0 Å². The molecule has 4 nitrogen and oxygen atoms in total. The van der Waals surface area contributed by atoms with Crippen molar-refractivity contribution >= 4 is 5.97 Å². The van der Waals surface area contributed by atoms with Crippen LogP contribution in [-0.2, 0) is 14.3 Å². The zero-order valence-corrected chi connectivity index (χ0v) is 10.8. The number of hydrogen-bond donors (Lipinski definition) is 0. The van der Waals surface area contributed by atoms with Crippen molar-refractivity contribution in [3.63, 3.8) is 0 Å². The van der Waals surface area contributed by atoms with E-state index < -0.39 is 0 Å². The first-order valence-corrected chi connectivity index (χ1v) is 6.04. The van der Waals surface area contributed by atoms with E-state index in [9.17, 15) is 4.79 Å². The molecule has 0 aromatic carbocycles. The highest BCUT2D eigenvalue weighted by atomic mass is 16.5. The van der Waals surface area contributed by atoms with Crippen LogP contribution in [0.25, 0.3) is 0 Å². The molecule has 1 aliphatic rings. The van der Waals surface area contributed by atoms with E-state index in [1.54, 1.807) is 0 Å². The van der Waals surface area contributed by atoms with Crippen molar-refractivity contribution in [1.29, 1.82) is 0 Å². The van der Waals surface area contributed by atoms with Crippen LogP contribution in [0.2, 0.25) is 0 Å². The van der Waals surface area contributed by atoms with Gasteiger partial charge in [-0.2, -0.15) is 0 Å². The van der Waals surface area contributed by atoms with Crippen molar-refractivity contribution in [2.24, 2.45) is 0 Å². The number of ether oxygens (including phenoxy) is 2. The van der Waals surface area contributed by atoms with E-state index in [2.05, 4.69) is 18.7 Å². The lowest BCUT2D eigenvalue weighted by Gasteiger charge is -2.45. The molecular formula is C12H23NO3. The predicted octanol–water partition coefficient (Wildman–Crippen LogP) is 1.44. The predicted molar refractivity (Wildman–Crippen MR) is 62.3 cm³/mol. The van der Waals surface area contributed by atoms with Gasteiger partial charge >= 0.3 is 5.97 Å². The van der Waals surface area contributed by atoms with E-state index >= 15 is 0 Å². The van der Waals surface area contributed by atoms with Gasteiger partial charge in [-0.1, -0.05) is 6.92 Å². The van der Waals surface area contributed by atoms with Crippen LogP contribution in [0, 0.1) is 0 Å². The van der Waals surface area contributed by atoms with Crippen LogP contribution in [0.4, 0.5) is 0 Å². The Morgan fingerprint density at radius 3 is 2.69 bits per heavy atom. The van der Waals surface area contributed by atoms with Gasteiger partial charge in [-0.25, -0.2) is 0 Å². The summed E-state index contributed by atoms with van der Waals surface area (Å²) < 4.78 is 10.6. The van der Waals surface area contributed by atoms with Crippen molar-refractivity contribution in [2.45, 2.75) is 45.7 Å². The van der Waals surface area contributed by atoms with E-state index in [1.807, 2.05) is 13.8 Å². The van der Waals surface area contributed by atoms with Crippen molar-refractivity contribution in [2.75, 3.05) is 26.4 Å². The molecular weight excluding hydrogens is 206 g/mol. The fraction of sp³-hybridized carbons (Fsp3) is 0.917. The fourth-order valence-electron chi connectivity index (χ4n) is 2.20. The van der Waals surface area contributed by atoms with Crippen molar-refractivity contribution in [3.8, 4) is 0 Å². The fourth-order valence-corrected chi connectivity index (χ4v) is 2.20. The topological polar surface area (TPSA) is 38.8 Å². The Balaban J connectivity index is 2.73. The Hall–Kier alpha value is -0.610. The first kappa shape index (κ1) is 13.5. The minimum atomic E-state index is -0.140. The van der Waals surface area contributed by atoms with Crippen LogP contribution in [0.3, 0.4) is 0 Å². The Labute approximate surface area is 97.9 Å². The zero-order chi connectivity index (χ0) is 12.2. The number of hydrogen-bond acceptors (Lipinski definition) is 4. The summed E-state index contributed by atoms with van der Waals surface area (Å²) in [7, 11) is 0. The summed E-state index contributed by atoms with van der Waals surface area (Å²) in [6.45, 7) is 10.7. The van der Waals surface area contributed by atoms with E-state index in [1.165, 1.54) is 0 Å². The standard InChI is InChI=1S/C12H23NO3/c1-5-10(11(14)16-6-2)13-7-8-15-9-12(13,3)4/h10H,5-9H2,1-4H3. The molecule has 1 unspecified atom stereocenters. The van der Waals surface area contributed by atoms with Gasteiger partial charge < -0.3 is 9.47 Å². The lowest BCUT2D eigenvalue weighted by atomic mass is 9.98. The summed E-state index contributed by atoms with van der Waals surface area (Å²) in [5.41, 5.74) is -0.0916. The van der Waals surface area contributed by atoms with Crippen LogP contribution in [-0.4, -0.2) is 48.8 Å². The molecule has 0 aromatic rings. The van der Waals surface area contributed by atoms with Gasteiger partial charge in [0.05, 0.1) is 19.8 Å². The molecule has 1 saturated heterocycles. The number of rotatable bonds is 4. The van der Waals surface area contributed by atoms with Crippen LogP contribution in [0.1, 0.15) is 34.1 Å². The molecule has 4 heteroatoms. The third-order valence-electron chi connectivity index (χ3n) is 3.03. The molecule has 94 valence electrons. The first-order valence-electron chi connectivity index (χ1n) is 6.04. The lowest BCUT2D eigenvalue weighted by Crippen LogP contribution is -2.59. The normalized spacial score (nSPS) is 22.8. The van der Waals surface area contributed by atoms with Crippen LogP contribution < -0.4 is 0 Å². The van der Waals surface area contributed by atoms with Gasteiger partial charge in [0.1, 0.15) is 6.04 Å². The quantitative estimate of drug-likeness (QED) is 0.684. The van der Waals surface area contributed by atoms with Gasteiger partial charge in [0.25, 0.3) is 0 Å². The first-order chi connectivity index (χ1) is 7.53. The summed E-state index contributed by atoms with van der Waals surface area (Å²) in [6, 6.07) is -0.140. The Morgan fingerprint density at radius 1 is 1.50 bits per heavy atom. The molecule has 1 heterocycles. The molecule has 0 amide bonds. The summed E-state index contributed by atoms with van der Waals surface area (Å²) in [6.07, 6.45) is 0.780. The molecule has 0 bridgehead atoms. The largest absolute Gasteiger partial charge is 0.465 e. The second-order valence-corrected chi connectivity index (χ2v) is 4.73. The van der Waals surface area contributed by atoms with E-state index in [-0.39, 0.29) is 17.6 Å². The van der Waals surface area contributed by atoms with E-state index in [0.717, 1.165) is 13.0 Å². The number of morpholine rings is 1. The minimum absolute atomic E-state index is 0.0916. The maximum Gasteiger partial charge on any atom is 0.323 e. The van der Waals surface area contributed by atoms with Crippen LogP contribution >= 0.6 is 0 Å². The highest BCUT2D eigenvalue weighted by Gasteiger charge is 2.38. The Morgan fingerprint density at radius 2 is 2.19 bits per heavy atom. The van der Waals surface area contributed by atoms with Crippen molar-refractivity contribution in [1.82, 2.24) is 4.90 Å². The third kappa shape index (κ3) is 2.95. The van der Waals surface area contributed by atoms with Gasteiger partial charge in [-0.15, -0.1) is 0 Å². The van der Waals surface area contributed by atoms with Gasteiger partial charge in [-0.05, 0) is 27.2 Å². The molecule has 1 atom stereocenters. The van der Waals surface area contributed by atoms with Gasteiger partial charge in [-0.3, -0.25) is 9.69 Å². The molecule has 0 aromatic heterocycles. The maximum atomic E-state index is 11.9. The van der Waals surface area contributed by atoms with Crippen molar-refractivity contribution in [3.05, 3.63) is 0 Å². The lowest BCUT2D eigenvalue weighted by molar-refractivity contribution is -0.157. The SMILES string of the molecule is CCOC(=O)C(CC)N1CCOCC1(C)C. The number of nitrogens with zero attached hydrogens (tertiary/aromatic N) is 1. The Bertz CT molecular complexity index is 240. The summed E-state index contributed by atoms with van der Waals surface area (Å²) >= 11 is 0. The van der Waals surface area contributed by atoms with Crippen LogP contribution in [0.15, 0.2) is 0 Å². The van der Waals surface area contributed by atoms with E-state index in [4.69, 9.17) is 9.47 Å². The summed E-state index contributed by atoms with van der Waals surface area (Å²) in [4.78, 5) is 14.1. The molecule has 0 saturated carbocycles. The molecule has 1 rings (SSSR count). The highest BCUT2D eigenvalue weighted by Crippen LogP contribution is 2.23. The van der Waals surface area contributed by atoms with Gasteiger partial charge in [0.15, 0.2) is 0 Å². The van der Waals surface area contributed by atoms with E-state index in [0.29, 0.717) is 19.8 Å². The summed E-state index contributed by atoms with van der Waals surface area (Å²) in [5.74, 6) is -0.111. The second-order valence-electron chi connectivity index (χ2n) is 4.73. The van der Waals surface area contributed by atoms with Crippen molar-refractivity contribution < 1.29 is 14.3 Å². The monoisotopic (exact) mass is 229 g/mol. The number of carbonyl (C=O) groups excluding carboxylic acids is 1. The smallest absolute Gasteiger partial charge is 0.323 e. The molecule has 16 heavy (non-hydrogen) atoms. The molecule has 0 radical (unpaired) electrons. The zero-order valence-electron chi connectivity index (χ0n) is 10.8. The highest BCUT2D eigenvalue weighted by molar-refractivity contribution is 5.75. The maximum absolute atomic E-state index is 11.9. The molecule has 1 fully saturated rings.